The van der Waals surface area contributed by atoms with Crippen molar-refractivity contribution in [3.8, 4) is 0 Å². The topological polar surface area (TPSA) is 46.9 Å². The predicted molar refractivity (Wildman–Crippen MR) is 82.2 cm³/mol. The van der Waals surface area contributed by atoms with Crippen LogP contribution in [0.1, 0.15) is 24.2 Å². The first-order valence-electron chi connectivity index (χ1n) is 7.10. The van der Waals surface area contributed by atoms with Crippen LogP contribution in [0.2, 0.25) is 5.02 Å². The van der Waals surface area contributed by atoms with E-state index in [0.717, 1.165) is 30.1 Å². The van der Waals surface area contributed by atoms with E-state index in [-0.39, 0.29) is 11.4 Å². The SMILES string of the molecule is Cc1nccn1CC(=O)NC1(Cc2ccc(Cl)cc2)CC1. The summed E-state index contributed by atoms with van der Waals surface area (Å²) < 4.78 is 1.85. The van der Waals surface area contributed by atoms with E-state index in [1.54, 1.807) is 6.20 Å². The molecule has 1 amide bonds. The number of hydrogen-bond acceptors (Lipinski definition) is 2. The molecule has 0 bridgehead atoms. The highest BCUT2D eigenvalue weighted by Crippen LogP contribution is 2.38. The zero-order chi connectivity index (χ0) is 14.9. The van der Waals surface area contributed by atoms with Crippen LogP contribution in [-0.2, 0) is 17.8 Å². The van der Waals surface area contributed by atoms with Gasteiger partial charge in [0, 0.05) is 23.0 Å². The molecule has 1 heterocycles. The Hall–Kier alpha value is -1.81. The first kappa shape index (κ1) is 14.1. The van der Waals surface area contributed by atoms with E-state index >= 15 is 0 Å². The molecule has 1 fully saturated rings. The van der Waals surface area contributed by atoms with E-state index in [4.69, 9.17) is 11.6 Å². The van der Waals surface area contributed by atoms with Crippen LogP contribution in [-0.4, -0.2) is 21.0 Å². The molecule has 0 unspecified atom stereocenters. The molecule has 0 atom stereocenters. The molecule has 0 saturated heterocycles. The Kier molecular flexibility index (Phi) is 3.72. The van der Waals surface area contributed by atoms with E-state index in [1.807, 2.05) is 42.0 Å². The number of imidazole rings is 1. The molecule has 0 radical (unpaired) electrons. The molecule has 0 spiro atoms. The Morgan fingerprint density at radius 3 is 2.67 bits per heavy atom. The highest BCUT2D eigenvalue weighted by atomic mass is 35.5. The van der Waals surface area contributed by atoms with E-state index in [2.05, 4.69) is 10.3 Å². The fraction of sp³-hybridized carbons (Fsp3) is 0.375. The number of halogens is 1. The second kappa shape index (κ2) is 5.53. The quantitative estimate of drug-likeness (QED) is 0.923. The fourth-order valence-electron chi connectivity index (χ4n) is 2.55. The van der Waals surface area contributed by atoms with Gasteiger partial charge in [-0.15, -0.1) is 0 Å². The lowest BCUT2D eigenvalue weighted by atomic mass is 10.0. The average Bonchev–Trinajstić information content (AvgIpc) is 3.07. The van der Waals surface area contributed by atoms with Gasteiger partial charge in [0.2, 0.25) is 5.91 Å². The van der Waals surface area contributed by atoms with Crippen LogP contribution in [0.5, 0.6) is 0 Å². The van der Waals surface area contributed by atoms with Crippen molar-refractivity contribution in [1.82, 2.24) is 14.9 Å². The lowest BCUT2D eigenvalue weighted by Crippen LogP contribution is -2.40. The molecule has 1 aliphatic carbocycles. The second-order valence-electron chi connectivity index (χ2n) is 5.73. The summed E-state index contributed by atoms with van der Waals surface area (Å²) in [6, 6.07) is 7.83. The maximum absolute atomic E-state index is 12.2. The largest absolute Gasteiger partial charge is 0.349 e. The van der Waals surface area contributed by atoms with Gasteiger partial charge in [0.05, 0.1) is 0 Å². The van der Waals surface area contributed by atoms with Crippen LogP contribution >= 0.6 is 11.6 Å². The molecular weight excluding hydrogens is 286 g/mol. The Bertz CT molecular complexity index is 644. The molecule has 1 aromatic heterocycles. The Morgan fingerprint density at radius 1 is 1.38 bits per heavy atom. The minimum Gasteiger partial charge on any atom is -0.349 e. The number of aromatic nitrogens is 2. The lowest BCUT2D eigenvalue weighted by molar-refractivity contribution is -0.122. The van der Waals surface area contributed by atoms with Gasteiger partial charge >= 0.3 is 0 Å². The molecule has 1 saturated carbocycles. The fourth-order valence-corrected chi connectivity index (χ4v) is 2.68. The van der Waals surface area contributed by atoms with Crippen molar-refractivity contribution in [3.63, 3.8) is 0 Å². The third kappa shape index (κ3) is 3.45. The number of carbonyl (C=O) groups excluding carboxylic acids is 1. The van der Waals surface area contributed by atoms with Crippen molar-refractivity contribution in [1.29, 1.82) is 0 Å². The average molecular weight is 304 g/mol. The van der Waals surface area contributed by atoms with E-state index in [9.17, 15) is 4.79 Å². The lowest BCUT2D eigenvalue weighted by Gasteiger charge is -2.18. The van der Waals surface area contributed by atoms with Crippen molar-refractivity contribution >= 4 is 17.5 Å². The number of aryl methyl sites for hydroxylation is 1. The summed E-state index contributed by atoms with van der Waals surface area (Å²) in [5.74, 6) is 0.898. The first-order chi connectivity index (χ1) is 10.1. The van der Waals surface area contributed by atoms with Gasteiger partial charge in [-0.05, 0) is 43.9 Å². The van der Waals surface area contributed by atoms with Crippen molar-refractivity contribution < 1.29 is 4.79 Å². The van der Waals surface area contributed by atoms with Gasteiger partial charge in [-0.25, -0.2) is 4.98 Å². The summed E-state index contributed by atoms with van der Waals surface area (Å²) in [6.07, 6.45) is 6.46. The van der Waals surface area contributed by atoms with Crippen LogP contribution in [0.15, 0.2) is 36.7 Å². The molecule has 5 heteroatoms. The summed E-state index contributed by atoms with van der Waals surface area (Å²) in [6.45, 7) is 2.22. The minimum atomic E-state index is -0.0700. The maximum Gasteiger partial charge on any atom is 0.240 e. The van der Waals surface area contributed by atoms with Crippen molar-refractivity contribution in [2.45, 2.75) is 38.3 Å². The van der Waals surface area contributed by atoms with Crippen LogP contribution < -0.4 is 5.32 Å². The smallest absolute Gasteiger partial charge is 0.240 e. The highest BCUT2D eigenvalue weighted by molar-refractivity contribution is 6.30. The van der Waals surface area contributed by atoms with Crippen LogP contribution in [0.3, 0.4) is 0 Å². The normalized spacial score (nSPS) is 15.7. The van der Waals surface area contributed by atoms with Gasteiger partial charge in [0.15, 0.2) is 0 Å². The molecule has 0 aliphatic heterocycles. The molecular formula is C16H18ClN3O. The van der Waals surface area contributed by atoms with Crippen LogP contribution in [0.25, 0.3) is 0 Å². The zero-order valence-corrected chi connectivity index (χ0v) is 12.7. The molecule has 3 rings (SSSR count). The molecule has 2 aromatic rings. The highest BCUT2D eigenvalue weighted by Gasteiger charge is 2.43. The van der Waals surface area contributed by atoms with Crippen LogP contribution in [0.4, 0.5) is 0 Å². The van der Waals surface area contributed by atoms with E-state index in [0.29, 0.717) is 6.54 Å². The summed E-state index contributed by atoms with van der Waals surface area (Å²) in [5.41, 5.74) is 1.13. The predicted octanol–water partition coefficient (Wildman–Crippen LogP) is 2.74. The summed E-state index contributed by atoms with van der Waals surface area (Å²) in [4.78, 5) is 16.3. The Morgan fingerprint density at radius 2 is 2.10 bits per heavy atom. The van der Waals surface area contributed by atoms with Gasteiger partial charge in [0.25, 0.3) is 0 Å². The van der Waals surface area contributed by atoms with E-state index < -0.39 is 0 Å². The van der Waals surface area contributed by atoms with Gasteiger partial charge in [-0.2, -0.15) is 0 Å². The maximum atomic E-state index is 12.2. The number of nitrogens with zero attached hydrogens (tertiary/aromatic N) is 2. The molecule has 1 N–H and O–H groups in total. The second-order valence-corrected chi connectivity index (χ2v) is 6.17. The van der Waals surface area contributed by atoms with Gasteiger partial charge in [-0.3, -0.25) is 4.79 Å². The van der Waals surface area contributed by atoms with Crippen molar-refractivity contribution in [2.24, 2.45) is 0 Å². The standard InChI is InChI=1S/C16H18ClN3O/c1-12-18-8-9-20(12)11-15(21)19-16(6-7-16)10-13-2-4-14(17)5-3-13/h2-5,8-9H,6-7,10-11H2,1H3,(H,19,21). The minimum absolute atomic E-state index is 0.0440. The molecule has 21 heavy (non-hydrogen) atoms. The Labute approximate surface area is 129 Å². The Balaban J connectivity index is 1.60. The zero-order valence-electron chi connectivity index (χ0n) is 12.0. The summed E-state index contributed by atoms with van der Waals surface area (Å²) >= 11 is 5.90. The van der Waals surface area contributed by atoms with Crippen molar-refractivity contribution in [2.75, 3.05) is 0 Å². The number of nitrogens with one attached hydrogen (secondary N) is 1. The van der Waals surface area contributed by atoms with Crippen LogP contribution in [0, 0.1) is 6.92 Å². The molecule has 1 aromatic carbocycles. The van der Waals surface area contributed by atoms with Gasteiger partial charge in [0.1, 0.15) is 12.4 Å². The van der Waals surface area contributed by atoms with Gasteiger partial charge < -0.3 is 9.88 Å². The molecule has 1 aliphatic rings. The number of benzene rings is 1. The molecule has 110 valence electrons. The number of carbonyl (C=O) groups is 1. The number of hydrogen-bond donors (Lipinski definition) is 1. The summed E-state index contributed by atoms with van der Waals surface area (Å²) in [5, 5.41) is 3.91. The third-order valence-corrected chi connectivity index (χ3v) is 4.20. The monoisotopic (exact) mass is 303 g/mol. The summed E-state index contributed by atoms with van der Waals surface area (Å²) in [7, 11) is 0. The third-order valence-electron chi connectivity index (χ3n) is 3.95. The molecule has 4 nitrogen and oxygen atoms in total. The van der Waals surface area contributed by atoms with Gasteiger partial charge in [-0.1, -0.05) is 23.7 Å². The van der Waals surface area contributed by atoms with Crippen molar-refractivity contribution in [3.05, 3.63) is 53.1 Å². The van der Waals surface area contributed by atoms with E-state index in [1.165, 1.54) is 5.56 Å². The first-order valence-corrected chi connectivity index (χ1v) is 7.47. The number of rotatable bonds is 5. The number of amides is 1.